The van der Waals surface area contributed by atoms with Gasteiger partial charge in [0.05, 0.1) is 11.3 Å². The van der Waals surface area contributed by atoms with E-state index in [4.69, 9.17) is 15.7 Å². The molecule has 7 heteroatoms. The topological polar surface area (TPSA) is 106 Å². The summed E-state index contributed by atoms with van der Waals surface area (Å²) in [4.78, 5) is 18.1. The van der Waals surface area contributed by atoms with Crippen molar-refractivity contribution in [1.29, 1.82) is 5.26 Å². The molecular formula is C24H17N7. The molecule has 0 atom stereocenters. The highest BCUT2D eigenvalue weighted by Gasteiger charge is 2.19. The van der Waals surface area contributed by atoms with Gasteiger partial charge in [0.2, 0.25) is 0 Å². The number of benzene rings is 1. The summed E-state index contributed by atoms with van der Waals surface area (Å²) in [7, 11) is 0. The van der Waals surface area contributed by atoms with Crippen molar-refractivity contribution >= 4 is 17.0 Å². The molecule has 0 radical (unpaired) electrons. The van der Waals surface area contributed by atoms with Crippen molar-refractivity contribution < 1.29 is 0 Å². The number of anilines is 1. The molecule has 0 saturated carbocycles. The van der Waals surface area contributed by atoms with Crippen molar-refractivity contribution in [2.75, 3.05) is 5.73 Å². The maximum Gasteiger partial charge on any atom is 0.165 e. The molecule has 148 valence electrons. The van der Waals surface area contributed by atoms with E-state index in [2.05, 4.69) is 16.0 Å². The van der Waals surface area contributed by atoms with Crippen LogP contribution in [0.3, 0.4) is 0 Å². The van der Waals surface area contributed by atoms with Gasteiger partial charge in [0.15, 0.2) is 11.5 Å². The summed E-state index contributed by atoms with van der Waals surface area (Å²) >= 11 is 0. The predicted molar refractivity (Wildman–Crippen MR) is 119 cm³/mol. The summed E-state index contributed by atoms with van der Waals surface area (Å²) in [5.74, 6) is 1.05. The largest absolute Gasteiger partial charge is 0.383 e. The number of aryl methyl sites for hydroxylation is 1. The quantitative estimate of drug-likeness (QED) is 0.481. The molecular weight excluding hydrogens is 386 g/mol. The highest BCUT2D eigenvalue weighted by Crippen LogP contribution is 2.32. The normalized spacial score (nSPS) is 10.8. The molecule has 0 aliphatic heterocycles. The van der Waals surface area contributed by atoms with E-state index in [0.29, 0.717) is 39.8 Å². The average molecular weight is 403 g/mol. The lowest BCUT2D eigenvalue weighted by Gasteiger charge is -2.11. The van der Waals surface area contributed by atoms with Crippen LogP contribution in [-0.4, -0.2) is 24.5 Å². The highest BCUT2D eigenvalue weighted by molar-refractivity contribution is 5.84. The Labute approximate surface area is 178 Å². The first-order chi connectivity index (χ1) is 15.2. The summed E-state index contributed by atoms with van der Waals surface area (Å²) < 4.78 is 1.97. The highest BCUT2D eigenvalue weighted by atomic mass is 15.1. The number of nitrogens with zero attached hydrogens (tertiary/aromatic N) is 6. The van der Waals surface area contributed by atoms with Gasteiger partial charge in [-0.2, -0.15) is 5.26 Å². The van der Waals surface area contributed by atoms with Crippen LogP contribution in [0, 0.1) is 18.3 Å². The van der Waals surface area contributed by atoms with Gasteiger partial charge < -0.3 is 5.73 Å². The zero-order chi connectivity index (χ0) is 21.4. The van der Waals surface area contributed by atoms with Crippen LogP contribution in [0.1, 0.15) is 11.3 Å². The average Bonchev–Trinajstić information content (AvgIpc) is 3.18. The van der Waals surface area contributed by atoms with Crippen molar-refractivity contribution in [3.8, 4) is 34.4 Å². The van der Waals surface area contributed by atoms with Crippen LogP contribution in [0.15, 0.2) is 73.1 Å². The Morgan fingerprint density at radius 1 is 0.871 bits per heavy atom. The summed E-state index contributed by atoms with van der Waals surface area (Å²) in [6.07, 6.45) is 3.25. The Hall–Kier alpha value is -4.57. The second-order valence-electron chi connectivity index (χ2n) is 7.09. The molecule has 0 aliphatic rings. The smallest absolute Gasteiger partial charge is 0.165 e. The molecule has 0 bridgehead atoms. The fraction of sp³-hybridized carbons (Fsp3) is 0.0417. The van der Waals surface area contributed by atoms with Gasteiger partial charge in [-0.3, -0.25) is 4.57 Å². The minimum atomic E-state index is 0.326. The van der Waals surface area contributed by atoms with Gasteiger partial charge in [0.1, 0.15) is 23.1 Å². The first-order valence-electron chi connectivity index (χ1n) is 9.68. The first-order valence-corrected chi connectivity index (χ1v) is 9.68. The molecule has 5 aromatic rings. The third-order valence-electron chi connectivity index (χ3n) is 5.07. The van der Waals surface area contributed by atoms with E-state index in [-0.39, 0.29) is 0 Å². The van der Waals surface area contributed by atoms with Crippen molar-refractivity contribution in [3.05, 3.63) is 84.3 Å². The molecule has 2 N–H and O–H groups in total. The maximum absolute atomic E-state index is 9.46. The third-order valence-corrected chi connectivity index (χ3v) is 5.07. The standard InChI is InChI=1S/C24H17N7/c1-15-6-8-16(9-7-15)31-23(18-5-3-13-28-22(18)26)30-20-11-10-19(29-24(20)31)17-4-2-12-27-21(17)14-25/h2-13H,1H3,(H2,26,28). The Morgan fingerprint density at radius 2 is 1.61 bits per heavy atom. The number of nitriles is 1. The SMILES string of the molecule is Cc1ccc(-n2c(-c3cccnc3N)nc3ccc(-c4cccnc4C#N)nc32)cc1. The van der Waals surface area contributed by atoms with Crippen molar-refractivity contribution in [1.82, 2.24) is 24.5 Å². The van der Waals surface area contributed by atoms with Crippen LogP contribution in [0.2, 0.25) is 0 Å². The summed E-state index contributed by atoms with van der Waals surface area (Å²) in [6, 6.07) is 21.4. The Kier molecular flexibility index (Phi) is 4.38. The molecule has 0 amide bonds. The Bertz CT molecular complexity index is 1460. The molecule has 4 heterocycles. The van der Waals surface area contributed by atoms with Gasteiger partial charge in [0, 0.05) is 23.6 Å². The van der Waals surface area contributed by atoms with Gasteiger partial charge >= 0.3 is 0 Å². The first kappa shape index (κ1) is 18.5. The minimum Gasteiger partial charge on any atom is -0.383 e. The monoisotopic (exact) mass is 403 g/mol. The van der Waals surface area contributed by atoms with E-state index in [9.17, 15) is 5.26 Å². The molecule has 5 rings (SSSR count). The van der Waals surface area contributed by atoms with Crippen LogP contribution < -0.4 is 5.73 Å². The molecule has 0 fully saturated rings. The number of hydrogen-bond donors (Lipinski definition) is 1. The number of imidazole rings is 1. The van der Waals surface area contributed by atoms with E-state index < -0.39 is 0 Å². The van der Waals surface area contributed by atoms with Gasteiger partial charge in [0.25, 0.3) is 0 Å². The molecule has 0 spiro atoms. The van der Waals surface area contributed by atoms with Crippen LogP contribution in [-0.2, 0) is 0 Å². The van der Waals surface area contributed by atoms with E-state index in [1.54, 1.807) is 18.5 Å². The lowest BCUT2D eigenvalue weighted by Crippen LogP contribution is -2.02. The van der Waals surface area contributed by atoms with E-state index >= 15 is 0 Å². The number of aromatic nitrogens is 5. The lowest BCUT2D eigenvalue weighted by molar-refractivity contribution is 1.07. The number of rotatable bonds is 3. The Morgan fingerprint density at radius 3 is 2.35 bits per heavy atom. The summed E-state index contributed by atoms with van der Waals surface area (Å²) in [5, 5.41) is 9.46. The zero-order valence-corrected chi connectivity index (χ0v) is 16.7. The van der Waals surface area contributed by atoms with Crippen LogP contribution in [0.4, 0.5) is 5.82 Å². The van der Waals surface area contributed by atoms with Crippen LogP contribution in [0.5, 0.6) is 0 Å². The number of hydrogen-bond acceptors (Lipinski definition) is 6. The zero-order valence-electron chi connectivity index (χ0n) is 16.7. The van der Waals surface area contributed by atoms with Gasteiger partial charge in [-0.25, -0.2) is 19.9 Å². The lowest BCUT2D eigenvalue weighted by atomic mass is 10.1. The summed E-state index contributed by atoms with van der Waals surface area (Å²) in [6.45, 7) is 2.04. The van der Waals surface area contributed by atoms with E-state index in [0.717, 1.165) is 16.8 Å². The number of fused-ring (bicyclic) bond motifs is 1. The van der Waals surface area contributed by atoms with Crippen LogP contribution in [0.25, 0.3) is 39.5 Å². The van der Waals surface area contributed by atoms with E-state index in [1.807, 2.05) is 66.1 Å². The molecule has 0 saturated heterocycles. The van der Waals surface area contributed by atoms with Gasteiger partial charge in [-0.15, -0.1) is 0 Å². The number of nitrogen functional groups attached to an aromatic ring is 1. The molecule has 0 aliphatic carbocycles. The van der Waals surface area contributed by atoms with Gasteiger partial charge in [-0.05, 0) is 55.5 Å². The number of nitrogens with two attached hydrogens (primary N) is 1. The number of pyridine rings is 3. The second kappa shape index (κ2) is 7.35. The Balaban J connectivity index is 1.82. The fourth-order valence-electron chi connectivity index (χ4n) is 3.53. The molecule has 4 aromatic heterocycles. The molecule has 1 aromatic carbocycles. The fourth-order valence-corrected chi connectivity index (χ4v) is 3.53. The predicted octanol–water partition coefficient (Wildman–Crippen LogP) is 4.31. The van der Waals surface area contributed by atoms with E-state index in [1.165, 1.54) is 0 Å². The van der Waals surface area contributed by atoms with Crippen molar-refractivity contribution in [2.24, 2.45) is 0 Å². The summed E-state index contributed by atoms with van der Waals surface area (Å²) in [5.41, 5.74) is 12.0. The molecule has 0 unspecified atom stereocenters. The maximum atomic E-state index is 9.46. The van der Waals surface area contributed by atoms with Crippen LogP contribution >= 0.6 is 0 Å². The molecule has 31 heavy (non-hydrogen) atoms. The van der Waals surface area contributed by atoms with Crippen molar-refractivity contribution in [3.63, 3.8) is 0 Å². The minimum absolute atomic E-state index is 0.326. The second-order valence-corrected chi connectivity index (χ2v) is 7.09. The third kappa shape index (κ3) is 3.16. The van der Waals surface area contributed by atoms with Gasteiger partial charge in [-0.1, -0.05) is 17.7 Å². The molecule has 7 nitrogen and oxygen atoms in total. The van der Waals surface area contributed by atoms with Crippen molar-refractivity contribution in [2.45, 2.75) is 6.92 Å².